The molecule has 0 aliphatic heterocycles. The molecule has 0 radical (unpaired) electrons. The minimum absolute atomic E-state index is 0.0426. The quantitative estimate of drug-likeness (QED) is 0.569. The summed E-state index contributed by atoms with van der Waals surface area (Å²) in [5.74, 6) is 0.167. The SMILES string of the molecule is CCN(C(=O)c1ccc(NC(=O)C2CCCCC2)cc1)c1cccc2ccccc12. The summed E-state index contributed by atoms with van der Waals surface area (Å²) in [5.41, 5.74) is 2.27. The van der Waals surface area contributed by atoms with Crippen LogP contribution < -0.4 is 10.2 Å². The van der Waals surface area contributed by atoms with E-state index in [1.165, 1.54) is 6.42 Å². The molecule has 0 heterocycles. The Balaban J connectivity index is 1.51. The van der Waals surface area contributed by atoms with Crippen molar-refractivity contribution in [2.24, 2.45) is 5.92 Å². The smallest absolute Gasteiger partial charge is 0.258 e. The van der Waals surface area contributed by atoms with Crippen molar-refractivity contribution in [3.05, 3.63) is 72.3 Å². The largest absolute Gasteiger partial charge is 0.326 e. The molecule has 4 rings (SSSR count). The molecule has 0 unspecified atom stereocenters. The average molecular weight is 401 g/mol. The van der Waals surface area contributed by atoms with Crippen LogP contribution in [0.3, 0.4) is 0 Å². The van der Waals surface area contributed by atoms with E-state index in [9.17, 15) is 9.59 Å². The van der Waals surface area contributed by atoms with Gasteiger partial charge in [-0.25, -0.2) is 0 Å². The Morgan fingerprint density at radius 1 is 0.900 bits per heavy atom. The molecule has 0 atom stereocenters. The third kappa shape index (κ3) is 4.23. The number of carbonyl (C=O) groups excluding carboxylic acids is 2. The van der Waals surface area contributed by atoms with Gasteiger partial charge in [0.2, 0.25) is 5.91 Å². The summed E-state index contributed by atoms with van der Waals surface area (Å²) in [6, 6.07) is 21.4. The maximum Gasteiger partial charge on any atom is 0.258 e. The van der Waals surface area contributed by atoms with Crippen LogP contribution in [0.2, 0.25) is 0 Å². The molecule has 1 saturated carbocycles. The van der Waals surface area contributed by atoms with Crippen LogP contribution in [0.4, 0.5) is 11.4 Å². The molecule has 3 aromatic rings. The zero-order valence-corrected chi connectivity index (χ0v) is 17.4. The second kappa shape index (κ2) is 9.12. The first-order valence-corrected chi connectivity index (χ1v) is 10.9. The Hall–Kier alpha value is -3.14. The molecule has 0 bridgehead atoms. The van der Waals surface area contributed by atoms with Gasteiger partial charge in [-0.15, -0.1) is 0 Å². The lowest BCUT2D eigenvalue weighted by atomic mass is 9.88. The van der Waals surface area contributed by atoms with Crippen LogP contribution in [-0.4, -0.2) is 18.4 Å². The van der Waals surface area contributed by atoms with E-state index in [0.29, 0.717) is 12.1 Å². The van der Waals surface area contributed by atoms with E-state index in [0.717, 1.165) is 47.8 Å². The van der Waals surface area contributed by atoms with Gasteiger partial charge in [-0.2, -0.15) is 0 Å². The molecule has 154 valence electrons. The van der Waals surface area contributed by atoms with E-state index < -0.39 is 0 Å². The zero-order chi connectivity index (χ0) is 20.9. The van der Waals surface area contributed by atoms with Gasteiger partial charge in [0.15, 0.2) is 0 Å². The summed E-state index contributed by atoms with van der Waals surface area (Å²) >= 11 is 0. The third-order valence-corrected chi connectivity index (χ3v) is 5.99. The summed E-state index contributed by atoms with van der Waals surface area (Å²) < 4.78 is 0. The normalized spacial score (nSPS) is 14.4. The average Bonchev–Trinajstić information content (AvgIpc) is 2.80. The number of hydrogen-bond donors (Lipinski definition) is 1. The van der Waals surface area contributed by atoms with Gasteiger partial charge in [0.25, 0.3) is 5.91 Å². The van der Waals surface area contributed by atoms with Gasteiger partial charge in [0.05, 0.1) is 5.69 Å². The van der Waals surface area contributed by atoms with Crippen molar-refractivity contribution in [2.75, 3.05) is 16.8 Å². The Bertz CT molecular complexity index is 1030. The molecule has 1 aliphatic rings. The van der Waals surface area contributed by atoms with E-state index in [4.69, 9.17) is 0 Å². The lowest BCUT2D eigenvalue weighted by Gasteiger charge is -2.23. The molecule has 30 heavy (non-hydrogen) atoms. The number of fused-ring (bicyclic) bond motifs is 1. The predicted molar refractivity (Wildman–Crippen MR) is 123 cm³/mol. The predicted octanol–water partition coefficient (Wildman–Crippen LogP) is 6.03. The van der Waals surface area contributed by atoms with Gasteiger partial charge in [-0.1, -0.05) is 55.7 Å². The fraction of sp³-hybridized carbons (Fsp3) is 0.308. The minimum Gasteiger partial charge on any atom is -0.326 e. The first kappa shape index (κ1) is 20.1. The Kier molecular flexibility index (Phi) is 6.12. The third-order valence-electron chi connectivity index (χ3n) is 5.99. The van der Waals surface area contributed by atoms with Crippen molar-refractivity contribution in [3.8, 4) is 0 Å². The highest BCUT2D eigenvalue weighted by Crippen LogP contribution is 2.28. The Labute approximate surface area is 177 Å². The van der Waals surface area contributed by atoms with Crippen molar-refractivity contribution in [3.63, 3.8) is 0 Å². The van der Waals surface area contributed by atoms with Crippen molar-refractivity contribution in [1.29, 1.82) is 0 Å². The summed E-state index contributed by atoms with van der Waals surface area (Å²) in [6.45, 7) is 2.56. The van der Waals surface area contributed by atoms with Gasteiger partial charge >= 0.3 is 0 Å². The highest BCUT2D eigenvalue weighted by molar-refractivity contribution is 6.11. The number of rotatable bonds is 5. The first-order valence-electron chi connectivity index (χ1n) is 10.9. The van der Waals surface area contributed by atoms with E-state index in [2.05, 4.69) is 17.4 Å². The van der Waals surface area contributed by atoms with E-state index in [1.54, 1.807) is 17.0 Å². The molecule has 1 fully saturated rings. The lowest BCUT2D eigenvalue weighted by molar-refractivity contribution is -0.120. The molecule has 2 amide bonds. The van der Waals surface area contributed by atoms with Gasteiger partial charge in [0.1, 0.15) is 0 Å². The van der Waals surface area contributed by atoms with Crippen LogP contribution in [0, 0.1) is 5.92 Å². The van der Waals surface area contributed by atoms with Crippen LogP contribution in [-0.2, 0) is 4.79 Å². The Morgan fingerprint density at radius 3 is 2.33 bits per heavy atom. The molecule has 4 heteroatoms. The molecule has 1 aliphatic carbocycles. The number of amides is 2. The number of carbonyl (C=O) groups is 2. The van der Waals surface area contributed by atoms with Crippen LogP contribution in [0.5, 0.6) is 0 Å². The van der Waals surface area contributed by atoms with Gasteiger partial charge in [0, 0.05) is 29.1 Å². The molecular weight excluding hydrogens is 372 g/mol. The maximum atomic E-state index is 13.2. The van der Waals surface area contributed by atoms with Crippen LogP contribution in [0.1, 0.15) is 49.4 Å². The lowest BCUT2D eigenvalue weighted by Crippen LogP contribution is -2.30. The fourth-order valence-electron chi connectivity index (χ4n) is 4.33. The fourth-order valence-corrected chi connectivity index (χ4v) is 4.33. The maximum absolute atomic E-state index is 13.2. The highest BCUT2D eigenvalue weighted by atomic mass is 16.2. The second-order valence-electron chi connectivity index (χ2n) is 7.95. The summed E-state index contributed by atoms with van der Waals surface area (Å²) in [4.78, 5) is 27.5. The van der Waals surface area contributed by atoms with Crippen molar-refractivity contribution < 1.29 is 9.59 Å². The molecule has 3 aromatic carbocycles. The van der Waals surface area contributed by atoms with Crippen molar-refractivity contribution in [2.45, 2.75) is 39.0 Å². The summed E-state index contributed by atoms with van der Waals surface area (Å²) in [7, 11) is 0. The molecular formula is C26H28N2O2. The first-order chi connectivity index (χ1) is 14.7. The number of benzene rings is 3. The number of nitrogens with zero attached hydrogens (tertiary/aromatic N) is 1. The second-order valence-corrected chi connectivity index (χ2v) is 7.95. The highest BCUT2D eigenvalue weighted by Gasteiger charge is 2.22. The van der Waals surface area contributed by atoms with E-state index >= 15 is 0 Å². The van der Waals surface area contributed by atoms with E-state index in [1.807, 2.05) is 49.4 Å². The van der Waals surface area contributed by atoms with Crippen LogP contribution in [0.15, 0.2) is 66.7 Å². The molecule has 1 N–H and O–H groups in total. The van der Waals surface area contributed by atoms with Gasteiger partial charge in [-0.3, -0.25) is 9.59 Å². The minimum atomic E-state index is -0.0426. The Morgan fingerprint density at radius 2 is 1.60 bits per heavy atom. The summed E-state index contributed by atoms with van der Waals surface area (Å²) in [5, 5.41) is 5.19. The number of nitrogens with one attached hydrogen (secondary N) is 1. The molecule has 4 nitrogen and oxygen atoms in total. The number of hydrogen-bond acceptors (Lipinski definition) is 2. The van der Waals surface area contributed by atoms with Crippen molar-refractivity contribution >= 4 is 34.0 Å². The van der Waals surface area contributed by atoms with Gasteiger partial charge in [-0.05, 0) is 55.5 Å². The zero-order valence-electron chi connectivity index (χ0n) is 17.4. The standard InChI is InChI=1S/C26H28N2O2/c1-2-28(24-14-8-12-19-9-6-7-13-23(19)24)26(30)21-15-17-22(18-16-21)27-25(29)20-10-4-3-5-11-20/h6-9,12-18,20H,2-5,10-11H2,1H3,(H,27,29). The monoisotopic (exact) mass is 400 g/mol. The van der Waals surface area contributed by atoms with E-state index in [-0.39, 0.29) is 17.7 Å². The summed E-state index contributed by atoms with van der Waals surface area (Å²) in [6.07, 6.45) is 5.43. The number of anilines is 2. The van der Waals surface area contributed by atoms with Crippen LogP contribution >= 0.6 is 0 Å². The molecule has 0 spiro atoms. The topological polar surface area (TPSA) is 49.4 Å². The molecule has 0 aromatic heterocycles. The van der Waals surface area contributed by atoms with Gasteiger partial charge < -0.3 is 10.2 Å². The van der Waals surface area contributed by atoms with Crippen LogP contribution in [0.25, 0.3) is 10.8 Å². The molecule has 0 saturated heterocycles. The van der Waals surface area contributed by atoms with Crippen molar-refractivity contribution in [1.82, 2.24) is 0 Å².